The van der Waals surface area contributed by atoms with Gasteiger partial charge < -0.3 is 9.47 Å². The minimum absolute atomic E-state index is 0.0483. The molecule has 2 heterocycles. The van der Waals surface area contributed by atoms with Crippen molar-refractivity contribution in [3.05, 3.63) is 35.9 Å². The van der Waals surface area contributed by atoms with Crippen LogP contribution in [0, 0.1) is 0 Å². The third-order valence-corrected chi connectivity index (χ3v) is 4.51. The monoisotopic (exact) mass is 288 g/mol. The highest BCUT2D eigenvalue weighted by Crippen LogP contribution is 2.27. The Bertz CT molecular complexity index is 457. The molecule has 2 aliphatic rings. The van der Waals surface area contributed by atoms with Gasteiger partial charge >= 0.3 is 0 Å². The van der Waals surface area contributed by atoms with Gasteiger partial charge in [0.1, 0.15) is 5.78 Å². The lowest BCUT2D eigenvalue weighted by Gasteiger charge is -2.36. The van der Waals surface area contributed by atoms with E-state index in [1.807, 2.05) is 6.07 Å². The van der Waals surface area contributed by atoms with E-state index in [2.05, 4.69) is 24.3 Å². The second kappa shape index (κ2) is 7.19. The van der Waals surface area contributed by atoms with Crippen molar-refractivity contribution in [2.75, 3.05) is 6.61 Å². The first-order chi connectivity index (χ1) is 10.3. The molecule has 0 unspecified atom stereocenters. The standard InChI is InChI=1S/C18H24O3/c19-15-9-11-17-18(7-4-12-20-17)21-16(13-15)10-8-14-5-2-1-3-6-14/h1-3,5-6,16-18H,4,7-13H2/t16-,17-,18+/m1/s1. The van der Waals surface area contributed by atoms with Gasteiger partial charge in [0.2, 0.25) is 0 Å². The molecular formula is C18H24O3. The second-order valence-corrected chi connectivity index (χ2v) is 6.15. The fraction of sp³-hybridized carbons (Fsp3) is 0.611. The molecule has 114 valence electrons. The fourth-order valence-corrected chi connectivity index (χ4v) is 3.33. The number of hydrogen-bond acceptors (Lipinski definition) is 3. The highest BCUT2D eigenvalue weighted by molar-refractivity contribution is 5.79. The summed E-state index contributed by atoms with van der Waals surface area (Å²) >= 11 is 0. The number of ether oxygens (including phenoxy) is 2. The molecule has 3 atom stereocenters. The minimum atomic E-state index is 0.0483. The maximum Gasteiger partial charge on any atom is 0.135 e. The molecule has 1 aromatic carbocycles. The van der Waals surface area contributed by atoms with Crippen molar-refractivity contribution in [1.29, 1.82) is 0 Å². The Hall–Kier alpha value is -1.19. The van der Waals surface area contributed by atoms with Crippen LogP contribution in [0.25, 0.3) is 0 Å². The molecule has 0 aromatic heterocycles. The van der Waals surface area contributed by atoms with Gasteiger partial charge in [-0.15, -0.1) is 0 Å². The first kappa shape index (κ1) is 14.7. The molecule has 3 rings (SSSR count). The van der Waals surface area contributed by atoms with Crippen LogP contribution in [-0.2, 0) is 20.7 Å². The SMILES string of the molecule is O=C1CC[C@H]2OCCC[C@@H]2O[C@H](CCc2ccccc2)C1. The van der Waals surface area contributed by atoms with Crippen LogP contribution < -0.4 is 0 Å². The van der Waals surface area contributed by atoms with Gasteiger partial charge in [-0.3, -0.25) is 4.79 Å². The predicted octanol–water partition coefficient (Wildman–Crippen LogP) is 3.31. The van der Waals surface area contributed by atoms with E-state index in [0.29, 0.717) is 18.6 Å². The Labute approximate surface area is 126 Å². The van der Waals surface area contributed by atoms with E-state index in [-0.39, 0.29) is 18.3 Å². The van der Waals surface area contributed by atoms with Crippen molar-refractivity contribution in [2.24, 2.45) is 0 Å². The number of ketones is 1. The van der Waals surface area contributed by atoms with E-state index in [9.17, 15) is 4.79 Å². The van der Waals surface area contributed by atoms with Crippen molar-refractivity contribution < 1.29 is 14.3 Å². The van der Waals surface area contributed by atoms with Crippen molar-refractivity contribution >= 4 is 5.78 Å². The number of aryl methyl sites for hydroxylation is 1. The Morgan fingerprint density at radius 3 is 2.81 bits per heavy atom. The summed E-state index contributed by atoms with van der Waals surface area (Å²) in [6.45, 7) is 0.813. The van der Waals surface area contributed by atoms with Crippen molar-refractivity contribution in [2.45, 2.75) is 63.3 Å². The van der Waals surface area contributed by atoms with Crippen LogP contribution >= 0.6 is 0 Å². The zero-order chi connectivity index (χ0) is 14.5. The largest absolute Gasteiger partial charge is 0.376 e. The topological polar surface area (TPSA) is 35.5 Å². The van der Waals surface area contributed by atoms with Gasteiger partial charge in [0, 0.05) is 19.4 Å². The minimum Gasteiger partial charge on any atom is -0.376 e. The third kappa shape index (κ3) is 4.14. The van der Waals surface area contributed by atoms with E-state index >= 15 is 0 Å². The molecule has 0 radical (unpaired) electrons. The summed E-state index contributed by atoms with van der Waals surface area (Å²) in [6, 6.07) is 10.4. The van der Waals surface area contributed by atoms with Crippen LogP contribution in [0.2, 0.25) is 0 Å². The summed E-state index contributed by atoms with van der Waals surface area (Å²) in [5, 5.41) is 0. The van der Waals surface area contributed by atoms with E-state index < -0.39 is 0 Å². The molecule has 3 nitrogen and oxygen atoms in total. The molecule has 1 aromatic rings. The van der Waals surface area contributed by atoms with Crippen LogP contribution in [0.5, 0.6) is 0 Å². The number of carbonyl (C=O) groups excluding carboxylic acids is 1. The van der Waals surface area contributed by atoms with Gasteiger partial charge in [0.25, 0.3) is 0 Å². The first-order valence-electron chi connectivity index (χ1n) is 8.14. The molecule has 3 heteroatoms. The Balaban J connectivity index is 1.60. The first-order valence-corrected chi connectivity index (χ1v) is 8.14. The van der Waals surface area contributed by atoms with E-state index in [4.69, 9.17) is 9.47 Å². The zero-order valence-electron chi connectivity index (χ0n) is 12.5. The van der Waals surface area contributed by atoms with Crippen molar-refractivity contribution in [1.82, 2.24) is 0 Å². The van der Waals surface area contributed by atoms with Crippen molar-refractivity contribution in [3.8, 4) is 0 Å². The van der Waals surface area contributed by atoms with E-state index in [1.165, 1.54) is 5.56 Å². The number of Topliss-reactive ketones (excluding diaryl/α,β-unsaturated/α-hetero) is 1. The van der Waals surface area contributed by atoms with Crippen LogP contribution in [0.1, 0.15) is 44.1 Å². The maximum atomic E-state index is 12.0. The number of hydrogen-bond donors (Lipinski definition) is 0. The molecule has 0 spiro atoms. The molecule has 0 saturated carbocycles. The van der Waals surface area contributed by atoms with Gasteiger partial charge in [-0.2, -0.15) is 0 Å². The number of rotatable bonds is 3. The third-order valence-electron chi connectivity index (χ3n) is 4.51. The smallest absolute Gasteiger partial charge is 0.135 e. The van der Waals surface area contributed by atoms with Crippen LogP contribution in [0.3, 0.4) is 0 Å². The van der Waals surface area contributed by atoms with Crippen LogP contribution in [0.4, 0.5) is 0 Å². The summed E-state index contributed by atoms with van der Waals surface area (Å²) in [5.74, 6) is 0.320. The molecule has 2 saturated heterocycles. The Morgan fingerprint density at radius 2 is 1.95 bits per heavy atom. The van der Waals surface area contributed by atoms with Gasteiger partial charge in [0.05, 0.1) is 18.3 Å². The molecule has 21 heavy (non-hydrogen) atoms. The van der Waals surface area contributed by atoms with Crippen molar-refractivity contribution in [3.63, 3.8) is 0 Å². The Kier molecular flexibility index (Phi) is 5.04. The molecule has 0 bridgehead atoms. The average Bonchev–Trinajstić information content (AvgIpc) is 2.51. The van der Waals surface area contributed by atoms with Gasteiger partial charge in [-0.05, 0) is 37.7 Å². The summed E-state index contributed by atoms with van der Waals surface area (Å²) in [4.78, 5) is 12.0. The Morgan fingerprint density at radius 1 is 1.10 bits per heavy atom. The van der Waals surface area contributed by atoms with E-state index in [0.717, 1.165) is 38.7 Å². The lowest BCUT2D eigenvalue weighted by Crippen LogP contribution is -2.41. The molecule has 0 N–H and O–H groups in total. The molecular weight excluding hydrogens is 264 g/mol. The quantitative estimate of drug-likeness (QED) is 0.856. The highest BCUT2D eigenvalue weighted by atomic mass is 16.5. The van der Waals surface area contributed by atoms with E-state index in [1.54, 1.807) is 0 Å². The molecule has 2 fully saturated rings. The summed E-state index contributed by atoms with van der Waals surface area (Å²) in [7, 11) is 0. The highest BCUT2D eigenvalue weighted by Gasteiger charge is 2.32. The predicted molar refractivity (Wildman–Crippen MR) is 81.3 cm³/mol. The summed E-state index contributed by atoms with van der Waals surface area (Å²) in [6.07, 6.45) is 6.43. The molecule has 0 amide bonds. The molecule has 2 aliphatic heterocycles. The second-order valence-electron chi connectivity index (χ2n) is 6.15. The lowest BCUT2D eigenvalue weighted by atomic mass is 9.94. The number of benzene rings is 1. The number of carbonyl (C=O) groups is 1. The molecule has 0 aliphatic carbocycles. The summed E-state index contributed by atoms with van der Waals surface area (Å²) in [5.41, 5.74) is 1.31. The summed E-state index contributed by atoms with van der Waals surface area (Å²) < 4.78 is 12.0. The maximum absolute atomic E-state index is 12.0. The fourth-order valence-electron chi connectivity index (χ4n) is 3.33. The van der Waals surface area contributed by atoms with Crippen LogP contribution in [-0.4, -0.2) is 30.7 Å². The number of fused-ring (bicyclic) bond motifs is 1. The normalized spacial score (nSPS) is 30.3. The van der Waals surface area contributed by atoms with Gasteiger partial charge in [-0.25, -0.2) is 0 Å². The average molecular weight is 288 g/mol. The lowest BCUT2D eigenvalue weighted by molar-refractivity contribution is -0.152. The van der Waals surface area contributed by atoms with Gasteiger partial charge in [0.15, 0.2) is 0 Å². The van der Waals surface area contributed by atoms with Crippen LogP contribution in [0.15, 0.2) is 30.3 Å². The van der Waals surface area contributed by atoms with Gasteiger partial charge in [-0.1, -0.05) is 30.3 Å². The zero-order valence-corrected chi connectivity index (χ0v) is 12.5.